The molecular formula is C19H19BrN2O2. The number of hydrazone groups is 1. The van der Waals surface area contributed by atoms with E-state index in [4.69, 9.17) is 4.74 Å². The monoisotopic (exact) mass is 386 g/mol. The van der Waals surface area contributed by atoms with Gasteiger partial charge in [0.25, 0.3) is 5.91 Å². The lowest BCUT2D eigenvalue weighted by Gasteiger charge is -2.08. The Morgan fingerprint density at radius 3 is 2.71 bits per heavy atom. The van der Waals surface area contributed by atoms with E-state index in [-0.39, 0.29) is 12.5 Å². The first-order valence-electron chi connectivity index (χ1n) is 7.49. The molecule has 2 rings (SSSR count). The first-order valence-corrected chi connectivity index (χ1v) is 8.28. The smallest absolute Gasteiger partial charge is 0.277 e. The Hall–Kier alpha value is -2.40. The average Bonchev–Trinajstić information content (AvgIpc) is 2.56. The minimum atomic E-state index is -0.313. The normalized spacial score (nSPS) is 11.5. The van der Waals surface area contributed by atoms with Gasteiger partial charge in [-0.2, -0.15) is 5.10 Å². The Balaban J connectivity index is 1.82. The highest BCUT2D eigenvalue weighted by molar-refractivity contribution is 9.12. The number of allylic oxidation sites excluding steroid dienone is 1. The van der Waals surface area contributed by atoms with Gasteiger partial charge in [-0.05, 0) is 58.6 Å². The number of hydrogen-bond acceptors (Lipinski definition) is 3. The van der Waals surface area contributed by atoms with Gasteiger partial charge in [-0.25, -0.2) is 5.43 Å². The van der Waals surface area contributed by atoms with Crippen LogP contribution in [0.15, 0.2) is 58.1 Å². The number of aryl methyl sites for hydroxylation is 2. The highest BCUT2D eigenvalue weighted by atomic mass is 79.9. The molecule has 0 saturated heterocycles. The van der Waals surface area contributed by atoms with Crippen LogP contribution in [0.5, 0.6) is 5.75 Å². The van der Waals surface area contributed by atoms with E-state index in [1.807, 2.05) is 68.5 Å². The lowest BCUT2D eigenvalue weighted by Crippen LogP contribution is -2.24. The van der Waals surface area contributed by atoms with E-state index in [0.717, 1.165) is 21.2 Å². The van der Waals surface area contributed by atoms with Crippen molar-refractivity contribution in [2.24, 2.45) is 5.10 Å². The summed E-state index contributed by atoms with van der Waals surface area (Å²) in [5.41, 5.74) is 5.56. The molecule has 124 valence electrons. The van der Waals surface area contributed by atoms with Crippen molar-refractivity contribution in [2.45, 2.75) is 13.8 Å². The summed E-state index contributed by atoms with van der Waals surface area (Å²) >= 11 is 3.39. The first kappa shape index (κ1) is 17.9. The zero-order valence-electron chi connectivity index (χ0n) is 13.6. The predicted molar refractivity (Wildman–Crippen MR) is 101 cm³/mol. The molecule has 1 N–H and O–H groups in total. The van der Waals surface area contributed by atoms with E-state index in [2.05, 4.69) is 26.5 Å². The third kappa shape index (κ3) is 6.01. The fraction of sp³-hybridized carbons (Fsp3) is 0.158. The van der Waals surface area contributed by atoms with Crippen molar-refractivity contribution in [3.8, 4) is 5.75 Å². The minimum absolute atomic E-state index is 0.0817. The Labute approximate surface area is 150 Å². The van der Waals surface area contributed by atoms with Gasteiger partial charge in [0, 0.05) is 4.48 Å². The van der Waals surface area contributed by atoms with Gasteiger partial charge < -0.3 is 4.74 Å². The van der Waals surface area contributed by atoms with E-state index >= 15 is 0 Å². The van der Waals surface area contributed by atoms with Gasteiger partial charge in [-0.1, -0.05) is 42.5 Å². The molecular weight excluding hydrogens is 368 g/mol. The summed E-state index contributed by atoms with van der Waals surface area (Å²) in [4.78, 5) is 11.8. The minimum Gasteiger partial charge on any atom is -0.483 e. The van der Waals surface area contributed by atoms with E-state index < -0.39 is 0 Å². The number of benzene rings is 2. The van der Waals surface area contributed by atoms with Crippen molar-refractivity contribution >= 4 is 34.1 Å². The number of ether oxygens (including phenoxy) is 1. The molecule has 1 amide bonds. The topological polar surface area (TPSA) is 50.7 Å². The van der Waals surface area contributed by atoms with Crippen molar-refractivity contribution in [3.05, 3.63) is 69.7 Å². The summed E-state index contributed by atoms with van der Waals surface area (Å²) in [5.74, 6) is 0.395. The van der Waals surface area contributed by atoms with Crippen LogP contribution >= 0.6 is 15.9 Å². The molecule has 0 radical (unpaired) electrons. The second kappa shape index (κ2) is 9.03. The summed E-state index contributed by atoms with van der Waals surface area (Å²) in [5, 5.41) is 3.90. The van der Waals surface area contributed by atoms with Crippen molar-refractivity contribution in [2.75, 3.05) is 6.61 Å². The van der Waals surface area contributed by atoms with Crippen molar-refractivity contribution in [3.63, 3.8) is 0 Å². The zero-order valence-corrected chi connectivity index (χ0v) is 15.2. The molecule has 0 aliphatic heterocycles. The van der Waals surface area contributed by atoms with Crippen LogP contribution in [0.3, 0.4) is 0 Å². The maximum Gasteiger partial charge on any atom is 0.277 e. The zero-order chi connectivity index (χ0) is 17.4. The van der Waals surface area contributed by atoms with Gasteiger partial charge in [0.05, 0.1) is 6.21 Å². The van der Waals surface area contributed by atoms with Gasteiger partial charge in [0.15, 0.2) is 6.61 Å². The molecule has 0 aliphatic rings. The van der Waals surface area contributed by atoms with Crippen molar-refractivity contribution in [1.29, 1.82) is 0 Å². The third-order valence-electron chi connectivity index (χ3n) is 3.18. The molecule has 5 heteroatoms. The van der Waals surface area contributed by atoms with Crippen molar-refractivity contribution < 1.29 is 9.53 Å². The molecule has 24 heavy (non-hydrogen) atoms. The Morgan fingerprint density at radius 2 is 1.96 bits per heavy atom. The van der Waals surface area contributed by atoms with E-state index in [1.165, 1.54) is 6.21 Å². The van der Waals surface area contributed by atoms with Crippen LogP contribution in [0.1, 0.15) is 16.7 Å². The predicted octanol–water partition coefficient (Wildman–Crippen LogP) is 4.22. The van der Waals surface area contributed by atoms with Gasteiger partial charge in [0.2, 0.25) is 0 Å². The highest BCUT2D eigenvalue weighted by Crippen LogP contribution is 2.18. The number of nitrogens with one attached hydrogen (secondary N) is 1. The second-order valence-electron chi connectivity index (χ2n) is 5.29. The molecule has 0 unspecified atom stereocenters. The number of carbonyl (C=O) groups is 1. The molecule has 0 fully saturated rings. The van der Waals surface area contributed by atoms with Crippen LogP contribution in [-0.2, 0) is 4.79 Å². The first-order chi connectivity index (χ1) is 11.5. The Kier molecular flexibility index (Phi) is 6.75. The average molecular weight is 387 g/mol. The molecule has 0 bridgehead atoms. The number of hydrogen-bond donors (Lipinski definition) is 1. The number of nitrogens with zero attached hydrogens (tertiary/aromatic N) is 1. The van der Waals surface area contributed by atoms with Gasteiger partial charge in [0.1, 0.15) is 5.75 Å². The molecule has 4 nitrogen and oxygen atoms in total. The van der Waals surface area contributed by atoms with Crippen LogP contribution < -0.4 is 10.2 Å². The van der Waals surface area contributed by atoms with E-state index in [1.54, 1.807) is 0 Å². The molecule has 2 aromatic rings. The molecule has 0 heterocycles. The third-order valence-corrected chi connectivity index (χ3v) is 3.62. The van der Waals surface area contributed by atoms with Crippen LogP contribution in [0.4, 0.5) is 0 Å². The largest absolute Gasteiger partial charge is 0.483 e. The molecule has 0 saturated carbocycles. The maximum atomic E-state index is 11.8. The fourth-order valence-corrected chi connectivity index (χ4v) is 2.32. The summed E-state index contributed by atoms with van der Waals surface area (Å²) in [7, 11) is 0. The van der Waals surface area contributed by atoms with Gasteiger partial charge in [-0.3, -0.25) is 4.79 Å². The number of rotatable bonds is 6. The van der Waals surface area contributed by atoms with Gasteiger partial charge in [-0.15, -0.1) is 0 Å². The van der Waals surface area contributed by atoms with E-state index in [0.29, 0.717) is 5.75 Å². The Bertz CT molecular complexity index is 755. The van der Waals surface area contributed by atoms with Crippen LogP contribution in [-0.4, -0.2) is 18.7 Å². The lowest BCUT2D eigenvalue weighted by atomic mass is 10.1. The van der Waals surface area contributed by atoms with Crippen LogP contribution in [0, 0.1) is 13.8 Å². The number of halogens is 1. The summed E-state index contributed by atoms with van der Waals surface area (Å²) in [6.45, 7) is 3.84. The SMILES string of the molecule is Cc1ccc(C)c(OCC(=O)NN=CC(Br)=Cc2ccccc2)c1. The summed E-state index contributed by atoms with van der Waals surface area (Å²) in [6.07, 6.45) is 3.44. The standard InChI is InChI=1S/C19H19BrN2O2/c1-14-8-9-15(2)18(10-14)24-13-19(23)22-21-12-17(20)11-16-6-4-3-5-7-16/h3-12H,13H2,1-2H3,(H,22,23). The number of amides is 1. The maximum absolute atomic E-state index is 11.8. The molecule has 2 aromatic carbocycles. The number of carbonyl (C=O) groups excluding carboxylic acids is 1. The van der Waals surface area contributed by atoms with Crippen LogP contribution in [0.25, 0.3) is 6.08 Å². The van der Waals surface area contributed by atoms with E-state index in [9.17, 15) is 4.79 Å². The summed E-state index contributed by atoms with van der Waals surface area (Å²) in [6, 6.07) is 15.7. The molecule has 0 atom stereocenters. The molecule has 0 spiro atoms. The van der Waals surface area contributed by atoms with Gasteiger partial charge >= 0.3 is 0 Å². The lowest BCUT2D eigenvalue weighted by molar-refractivity contribution is -0.123. The second-order valence-corrected chi connectivity index (χ2v) is 6.21. The highest BCUT2D eigenvalue weighted by Gasteiger charge is 2.04. The van der Waals surface area contributed by atoms with Crippen molar-refractivity contribution in [1.82, 2.24) is 5.43 Å². The molecule has 0 aromatic heterocycles. The fourth-order valence-electron chi connectivity index (χ4n) is 1.95. The quantitative estimate of drug-likeness (QED) is 0.596. The Morgan fingerprint density at radius 1 is 1.21 bits per heavy atom. The summed E-state index contributed by atoms with van der Waals surface area (Å²) < 4.78 is 6.27. The molecule has 0 aliphatic carbocycles. The van der Waals surface area contributed by atoms with Crippen LogP contribution in [0.2, 0.25) is 0 Å².